The van der Waals surface area contributed by atoms with Crippen LogP contribution in [0.15, 0.2) is 30.3 Å². The maximum absolute atomic E-state index is 13.0. The Labute approximate surface area is 187 Å². The lowest BCUT2D eigenvalue weighted by Crippen LogP contribution is -2.39. The summed E-state index contributed by atoms with van der Waals surface area (Å²) in [6.45, 7) is 8.73. The number of hydrogen-bond acceptors (Lipinski definition) is 5. The van der Waals surface area contributed by atoms with E-state index in [4.69, 9.17) is 5.73 Å². The first-order valence-corrected chi connectivity index (χ1v) is 11.2. The van der Waals surface area contributed by atoms with E-state index in [-0.39, 0.29) is 23.8 Å². The fraction of sp³-hybridized carbons (Fsp3) is 0.435. The summed E-state index contributed by atoms with van der Waals surface area (Å²) in [5, 5.41) is 6.53. The van der Waals surface area contributed by atoms with Crippen LogP contribution in [0.25, 0.3) is 0 Å². The van der Waals surface area contributed by atoms with Crippen LogP contribution in [0.4, 0.5) is 10.7 Å². The van der Waals surface area contributed by atoms with E-state index in [1.54, 1.807) is 0 Å². The van der Waals surface area contributed by atoms with Crippen molar-refractivity contribution in [3.05, 3.63) is 46.3 Å². The summed E-state index contributed by atoms with van der Waals surface area (Å²) in [7, 11) is 0. The molecule has 1 unspecified atom stereocenters. The largest absolute Gasteiger partial charge is 0.368 e. The van der Waals surface area contributed by atoms with Gasteiger partial charge in [-0.3, -0.25) is 19.3 Å². The number of aryl methyl sites for hydroxylation is 1. The molecule has 1 aromatic heterocycles. The number of likely N-dealkylation sites (tertiary alicyclic amines) is 1. The molecule has 1 atom stereocenters. The number of amides is 3. The first-order valence-electron chi connectivity index (χ1n) is 10.4. The van der Waals surface area contributed by atoms with Crippen LogP contribution in [-0.2, 0) is 16.1 Å². The Balaban J connectivity index is 1.74. The van der Waals surface area contributed by atoms with Crippen LogP contribution in [0, 0.1) is 12.3 Å². The van der Waals surface area contributed by atoms with Crippen molar-refractivity contribution in [2.75, 3.05) is 17.2 Å². The molecule has 1 aromatic carbocycles. The molecule has 1 fully saturated rings. The predicted octanol–water partition coefficient (Wildman–Crippen LogP) is 3.74. The molecule has 0 aliphatic carbocycles. The summed E-state index contributed by atoms with van der Waals surface area (Å²) in [6.07, 6.45) is 1.70. The first kappa shape index (κ1) is 23.0. The van der Waals surface area contributed by atoms with Crippen LogP contribution >= 0.6 is 11.3 Å². The summed E-state index contributed by atoms with van der Waals surface area (Å²) >= 11 is 1.26. The van der Waals surface area contributed by atoms with Crippen LogP contribution in [0.1, 0.15) is 54.4 Å². The lowest BCUT2D eigenvalue weighted by molar-refractivity contribution is -0.123. The van der Waals surface area contributed by atoms with Gasteiger partial charge in [0.2, 0.25) is 11.8 Å². The molecule has 0 saturated carbocycles. The number of primary amides is 1. The molecule has 3 amide bonds. The van der Waals surface area contributed by atoms with E-state index < -0.39 is 5.41 Å². The van der Waals surface area contributed by atoms with Crippen molar-refractivity contribution in [2.45, 2.75) is 53.1 Å². The molecule has 4 N–H and O–H groups in total. The summed E-state index contributed by atoms with van der Waals surface area (Å²) in [6, 6.07) is 9.13. The highest BCUT2D eigenvalue weighted by atomic mass is 32.1. The number of thiophene rings is 1. The first-order chi connectivity index (χ1) is 14.6. The molecule has 1 aliphatic rings. The molecule has 1 aliphatic heterocycles. The average Bonchev–Trinajstić information content (AvgIpc) is 3.29. The van der Waals surface area contributed by atoms with Gasteiger partial charge in [0.15, 0.2) is 0 Å². The van der Waals surface area contributed by atoms with Gasteiger partial charge in [-0.05, 0) is 49.6 Å². The number of nitrogens with one attached hydrogen (secondary N) is 2. The van der Waals surface area contributed by atoms with Gasteiger partial charge in [0.05, 0.1) is 15.9 Å². The zero-order valence-electron chi connectivity index (χ0n) is 18.5. The Kier molecular flexibility index (Phi) is 6.81. The second-order valence-corrected chi connectivity index (χ2v) is 10.0. The van der Waals surface area contributed by atoms with Crippen molar-refractivity contribution in [3.8, 4) is 0 Å². The van der Waals surface area contributed by atoms with Gasteiger partial charge in [0, 0.05) is 17.6 Å². The number of nitrogens with zero attached hydrogens (tertiary/aromatic N) is 1. The SMILES string of the molecule is Cc1cc(NC(=O)C(C)(C)C)sc1C(=O)Nc1ccccc1CN1CCCC1C(N)=O. The highest BCUT2D eigenvalue weighted by molar-refractivity contribution is 7.18. The van der Waals surface area contributed by atoms with Gasteiger partial charge in [-0.2, -0.15) is 0 Å². The zero-order valence-corrected chi connectivity index (χ0v) is 19.3. The second-order valence-electron chi connectivity index (χ2n) is 8.97. The van der Waals surface area contributed by atoms with Crippen LogP contribution in [0.5, 0.6) is 0 Å². The maximum Gasteiger partial charge on any atom is 0.266 e. The number of carbonyl (C=O) groups excluding carboxylic acids is 3. The van der Waals surface area contributed by atoms with Crippen molar-refractivity contribution in [3.63, 3.8) is 0 Å². The lowest BCUT2D eigenvalue weighted by atomic mass is 9.96. The number of para-hydroxylation sites is 1. The van der Waals surface area contributed by atoms with E-state index in [9.17, 15) is 14.4 Å². The summed E-state index contributed by atoms with van der Waals surface area (Å²) in [5.74, 6) is -0.627. The standard InChI is InChI=1S/C23H30N4O3S/c1-14-12-18(26-22(30)23(2,3)4)31-19(14)21(29)25-16-9-6-5-8-15(16)13-27-11-7-10-17(27)20(24)28/h5-6,8-9,12,17H,7,10-11,13H2,1-4H3,(H2,24,28)(H,25,29)(H,26,30). The Hall–Kier alpha value is -2.71. The molecular weight excluding hydrogens is 412 g/mol. The van der Waals surface area contributed by atoms with Gasteiger partial charge >= 0.3 is 0 Å². The van der Waals surface area contributed by atoms with E-state index in [1.807, 2.05) is 58.0 Å². The molecule has 0 spiro atoms. The molecule has 1 saturated heterocycles. The number of rotatable bonds is 6. The molecule has 166 valence electrons. The summed E-state index contributed by atoms with van der Waals surface area (Å²) in [4.78, 5) is 39.6. The van der Waals surface area contributed by atoms with Gasteiger partial charge in [0.25, 0.3) is 5.91 Å². The van der Waals surface area contributed by atoms with Crippen LogP contribution in [0.2, 0.25) is 0 Å². The highest BCUT2D eigenvalue weighted by Gasteiger charge is 2.29. The van der Waals surface area contributed by atoms with Crippen molar-refractivity contribution in [2.24, 2.45) is 11.1 Å². The molecule has 8 heteroatoms. The monoisotopic (exact) mass is 442 g/mol. The third kappa shape index (κ3) is 5.51. The Bertz CT molecular complexity index is 993. The molecule has 2 aromatic rings. The van der Waals surface area contributed by atoms with Gasteiger partial charge in [-0.25, -0.2) is 0 Å². The molecule has 0 radical (unpaired) electrons. The third-order valence-corrected chi connectivity index (χ3v) is 6.52. The minimum Gasteiger partial charge on any atom is -0.368 e. The fourth-order valence-corrected chi connectivity index (χ4v) is 4.55. The molecule has 0 bridgehead atoms. The number of carbonyl (C=O) groups is 3. The van der Waals surface area contributed by atoms with Gasteiger partial charge in [0.1, 0.15) is 0 Å². The second kappa shape index (κ2) is 9.20. The molecule has 2 heterocycles. The third-order valence-electron chi connectivity index (χ3n) is 5.37. The minimum absolute atomic E-state index is 0.0966. The predicted molar refractivity (Wildman–Crippen MR) is 124 cm³/mol. The van der Waals surface area contributed by atoms with Crippen molar-refractivity contribution < 1.29 is 14.4 Å². The van der Waals surface area contributed by atoms with Gasteiger partial charge in [-0.1, -0.05) is 39.0 Å². The van der Waals surface area contributed by atoms with Crippen molar-refractivity contribution >= 4 is 39.7 Å². The molecule has 31 heavy (non-hydrogen) atoms. The highest BCUT2D eigenvalue weighted by Crippen LogP contribution is 2.30. The zero-order chi connectivity index (χ0) is 22.8. The van der Waals surface area contributed by atoms with E-state index in [2.05, 4.69) is 15.5 Å². The number of hydrogen-bond donors (Lipinski definition) is 3. The Morgan fingerprint density at radius 2 is 1.90 bits per heavy atom. The van der Waals surface area contributed by atoms with E-state index in [1.165, 1.54) is 11.3 Å². The summed E-state index contributed by atoms with van der Waals surface area (Å²) in [5.41, 5.74) is 7.46. The Morgan fingerprint density at radius 3 is 2.58 bits per heavy atom. The van der Waals surface area contributed by atoms with Gasteiger partial charge < -0.3 is 16.4 Å². The topological polar surface area (TPSA) is 105 Å². The van der Waals surface area contributed by atoms with Crippen LogP contribution < -0.4 is 16.4 Å². The molecule has 7 nitrogen and oxygen atoms in total. The number of anilines is 2. The smallest absolute Gasteiger partial charge is 0.266 e. The van der Waals surface area contributed by atoms with Crippen LogP contribution in [0.3, 0.4) is 0 Å². The quantitative estimate of drug-likeness (QED) is 0.634. The normalized spacial score (nSPS) is 16.8. The van der Waals surface area contributed by atoms with E-state index in [0.717, 1.165) is 30.5 Å². The van der Waals surface area contributed by atoms with E-state index >= 15 is 0 Å². The number of nitrogens with two attached hydrogens (primary N) is 1. The summed E-state index contributed by atoms with van der Waals surface area (Å²) < 4.78 is 0. The maximum atomic E-state index is 13.0. The molecule has 3 rings (SSSR count). The van der Waals surface area contributed by atoms with Crippen molar-refractivity contribution in [1.82, 2.24) is 4.90 Å². The molecular formula is C23H30N4O3S. The number of benzene rings is 1. The Morgan fingerprint density at radius 1 is 1.19 bits per heavy atom. The average molecular weight is 443 g/mol. The van der Waals surface area contributed by atoms with Crippen LogP contribution in [-0.4, -0.2) is 35.2 Å². The van der Waals surface area contributed by atoms with E-state index in [0.29, 0.717) is 22.1 Å². The fourth-order valence-electron chi connectivity index (χ4n) is 3.58. The van der Waals surface area contributed by atoms with Crippen molar-refractivity contribution in [1.29, 1.82) is 0 Å². The minimum atomic E-state index is -0.516. The van der Waals surface area contributed by atoms with Gasteiger partial charge in [-0.15, -0.1) is 11.3 Å². The lowest BCUT2D eigenvalue weighted by Gasteiger charge is -2.23.